The van der Waals surface area contributed by atoms with Crippen molar-refractivity contribution in [1.82, 2.24) is 21.3 Å². The SMILES string of the molecule is C.O=C1NC(=O)C2(CCC(c3cccc4ccccc34)CC2)N1.O=C1NCC2(CCC(c3cccc4ccccc34)CC2)N1. The second-order valence-corrected chi connectivity index (χ2v) is 12.8. The first kappa shape index (κ1) is 29.7. The highest BCUT2D eigenvalue weighted by molar-refractivity contribution is 6.07. The number of carbonyl (C=O) groups is 3. The van der Waals surface area contributed by atoms with Gasteiger partial charge in [0.25, 0.3) is 5.91 Å². The van der Waals surface area contributed by atoms with Gasteiger partial charge in [0.2, 0.25) is 0 Å². The van der Waals surface area contributed by atoms with E-state index in [1.165, 1.54) is 32.7 Å². The molecule has 228 valence electrons. The lowest BCUT2D eigenvalue weighted by Gasteiger charge is -2.36. The lowest BCUT2D eigenvalue weighted by molar-refractivity contribution is -0.125. The predicted molar refractivity (Wildman–Crippen MR) is 176 cm³/mol. The summed E-state index contributed by atoms with van der Waals surface area (Å²) < 4.78 is 0. The lowest BCUT2D eigenvalue weighted by Crippen LogP contribution is -2.49. The van der Waals surface area contributed by atoms with E-state index in [0.29, 0.717) is 24.7 Å². The van der Waals surface area contributed by atoms with Crippen molar-refractivity contribution < 1.29 is 14.4 Å². The molecule has 0 aromatic heterocycles. The van der Waals surface area contributed by atoms with Crippen molar-refractivity contribution in [1.29, 1.82) is 0 Å². The molecule has 2 spiro atoms. The van der Waals surface area contributed by atoms with Gasteiger partial charge in [-0.3, -0.25) is 10.1 Å². The summed E-state index contributed by atoms with van der Waals surface area (Å²) in [4.78, 5) is 34.9. The van der Waals surface area contributed by atoms with Crippen molar-refractivity contribution in [2.75, 3.05) is 6.54 Å². The van der Waals surface area contributed by atoms with Gasteiger partial charge in [-0.15, -0.1) is 0 Å². The first-order chi connectivity index (χ1) is 20.9. The number of hydrogen-bond donors (Lipinski definition) is 4. The van der Waals surface area contributed by atoms with Crippen LogP contribution in [0.3, 0.4) is 0 Å². The summed E-state index contributed by atoms with van der Waals surface area (Å²) in [6, 6.07) is 29.8. The van der Waals surface area contributed by atoms with Gasteiger partial charge in [-0.2, -0.15) is 0 Å². The molecule has 8 rings (SSSR count). The Hall–Kier alpha value is -4.39. The molecule has 4 aromatic carbocycles. The van der Waals surface area contributed by atoms with E-state index in [1.54, 1.807) is 0 Å². The van der Waals surface area contributed by atoms with Gasteiger partial charge in [-0.05, 0) is 95.9 Å². The van der Waals surface area contributed by atoms with Gasteiger partial charge >= 0.3 is 12.1 Å². The minimum absolute atomic E-state index is 0. The number of hydrogen-bond acceptors (Lipinski definition) is 3. The highest BCUT2D eigenvalue weighted by Crippen LogP contribution is 2.42. The first-order valence-corrected chi connectivity index (χ1v) is 15.6. The van der Waals surface area contributed by atoms with E-state index in [4.69, 9.17) is 0 Å². The predicted octanol–water partition coefficient (Wildman–Crippen LogP) is 7.26. The third-order valence-electron chi connectivity index (χ3n) is 10.3. The molecule has 44 heavy (non-hydrogen) atoms. The standard InChI is InChI=1S/C18H18N2O2.C18H20N2O.CH4/c21-16-18(20-17(22)19-16)10-8-13(9-11-18)15-7-3-5-12-4-1-2-6-14(12)15;21-17-19-12-18(20-17)10-8-14(9-11-18)16-7-3-5-13-4-1-2-6-15(13)16;/h1-7,13H,8-11H2,(H2,19,20,21,22);1-7,14H,8-12H2,(H2,19,20,21);1H4. The third-order valence-corrected chi connectivity index (χ3v) is 10.3. The Morgan fingerprint density at radius 1 is 0.568 bits per heavy atom. The number of benzene rings is 4. The van der Waals surface area contributed by atoms with E-state index in [2.05, 4.69) is 106 Å². The molecule has 5 amide bonds. The second-order valence-electron chi connectivity index (χ2n) is 12.8. The van der Waals surface area contributed by atoms with Crippen LogP contribution in [-0.4, -0.2) is 35.6 Å². The number of fused-ring (bicyclic) bond motifs is 2. The molecule has 0 unspecified atom stereocenters. The minimum Gasteiger partial charge on any atom is -0.336 e. The average Bonchev–Trinajstić information content (AvgIpc) is 3.54. The molecule has 7 heteroatoms. The van der Waals surface area contributed by atoms with E-state index in [1.807, 2.05) is 0 Å². The molecule has 2 aliphatic carbocycles. The molecule has 4 aliphatic rings. The fraction of sp³-hybridized carbons (Fsp3) is 0.378. The molecule has 4 N–H and O–H groups in total. The van der Waals surface area contributed by atoms with Gasteiger partial charge in [-0.25, -0.2) is 9.59 Å². The Balaban J connectivity index is 0.000000153. The summed E-state index contributed by atoms with van der Waals surface area (Å²) >= 11 is 0. The van der Waals surface area contributed by atoms with Crippen LogP contribution in [0.25, 0.3) is 21.5 Å². The molecular weight excluding hydrogens is 548 g/mol. The number of nitrogens with one attached hydrogen (secondary N) is 4. The Morgan fingerprint density at radius 3 is 1.55 bits per heavy atom. The van der Waals surface area contributed by atoms with Crippen LogP contribution >= 0.6 is 0 Å². The Bertz CT molecular complexity index is 1690. The van der Waals surface area contributed by atoms with Crippen LogP contribution in [0.4, 0.5) is 9.59 Å². The summed E-state index contributed by atoms with van der Waals surface area (Å²) in [6.45, 7) is 0.786. The quantitative estimate of drug-likeness (QED) is 0.185. The van der Waals surface area contributed by atoms with Crippen molar-refractivity contribution in [2.45, 2.75) is 81.7 Å². The van der Waals surface area contributed by atoms with Crippen molar-refractivity contribution in [3.63, 3.8) is 0 Å². The Kier molecular flexibility index (Phi) is 8.06. The smallest absolute Gasteiger partial charge is 0.322 e. The highest BCUT2D eigenvalue weighted by Gasteiger charge is 2.48. The summed E-state index contributed by atoms with van der Waals surface area (Å²) in [6.07, 6.45) is 7.69. The van der Waals surface area contributed by atoms with Gasteiger partial charge < -0.3 is 16.0 Å². The molecule has 2 saturated carbocycles. The molecule has 4 fully saturated rings. The van der Waals surface area contributed by atoms with E-state index in [0.717, 1.165) is 45.1 Å². The second kappa shape index (κ2) is 11.9. The minimum atomic E-state index is -0.668. The van der Waals surface area contributed by atoms with Crippen LogP contribution in [0.15, 0.2) is 84.9 Å². The maximum absolute atomic E-state index is 12.0. The van der Waals surface area contributed by atoms with Gasteiger partial charge in [0, 0.05) is 6.54 Å². The fourth-order valence-electron chi connectivity index (χ4n) is 7.88. The summed E-state index contributed by atoms with van der Waals surface area (Å²) in [7, 11) is 0. The fourth-order valence-corrected chi connectivity index (χ4v) is 7.88. The zero-order chi connectivity index (χ0) is 29.4. The van der Waals surface area contributed by atoms with Gasteiger partial charge in [0.15, 0.2) is 0 Å². The van der Waals surface area contributed by atoms with E-state index >= 15 is 0 Å². The number of urea groups is 2. The molecule has 2 saturated heterocycles. The Morgan fingerprint density at radius 2 is 1.07 bits per heavy atom. The Labute approximate surface area is 259 Å². The molecular formula is C37H42N4O3. The van der Waals surface area contributed by atoms with Crippen LogP contribution in [-0.2, 0) is 4.79 Å². The third kappa shape index (κ3) is 5.51. The highest BCUT2D eigenvalue weighted by atomic mass is 16.2. The van der Waals surface area contributed by atoms with Crippen molar-refractivity contribution >= 4 is 39.5 Å². The maximum Gasteiger partial charge on any atom is 0.322 e. The summed E-state index contributed by atoms with van der Waals surface area (Å²) in [5.41, 5.74) is 2.17. The van der Waals surface area contributed by atoms with Crippen LogP contribution < -0.4 is 21.3 Å². The van der Waals surface area contributed by atoms with Gasteiger partial charge in [0.05, 0.1) is 5.54 Å². The number of rotatable bonds is 2. The van der Waals surface area contributed by atoms with E-state index in [-0.39, 0.29) is 30.9 Å². The van der Waals surface area contributed by atoms with Crippen LogP contribution in [0.1, 0.15) is 81.8 Å². The van der Waals surface area contributed by atoms with Crippen molar-refractivity contribution in [3.8, 4) is 0 Å². The summed E-state index contributed by atoms with van der Waals surface area (Å²) in [5, 5.41) is 16.5. The lowest BCUT2D eigenvalue weighted by atomic mass is 9.73. The van der Waals surface area contributed by atoms with Crippen LogP contribution in [0, 0.1) is 0 Å². The zero-order valence-corrected chi connectivity index (χ0v) is 24.3. The topological polar surface area (TPSA) is 99.3 Å². The van der Waals surface area contributed by atoms with Crippen LogP contribution in [0.2, 0.25) is 0 Å². The molecule has 2 heterocycles. The van der Waals surface area contributed by atoms with Gasteiger partial charge in [0.1, 0.15) is 5.54 Å². The van der Waals surface area contributed by atoms with E-state index in [9.17, 15) is 14.4 Å². The molecule has 2 aliphatic heterocycles. The van der Waals surface area contributed by atoms with E-state index < -0.39 is 5.54 Å². The molecule has 0 radical (unpaired) electrons. The first-order valence-electron chi connectivity index (χ1n) is 15.6. The normalized spacial score (nSPS) is 27.6. The largest absolute Gasteiger partial charge is 0.336 e. The number of carbonyl (C=O) groups excluding carboxylic acids is 3. The zero-order valence-electron chi connectivity index (χ0n) is 24.3. The number of amides is 5. The van der Waals surface area contributed by atoms with Crippen molar-refractivity contribution in [2.24, 2.45) is 0 Å². The molecule has 7 nitrogen and oxygen atoms in total. The number of imide groups is 1. The van der Waals surface area contributed by atoms with Gasteiger partial charge in [-0.1, -0.05) is 92.4 Å². The monoisotopic (exact) mass is 590 g/mol. The summed E-state index contributed by atoms with van der Waals surface area (Å²) in [5.74, 6) is 0.898. The molecule has 4 aromatic rings. The molecule has 0 atom stereocenters. The van der Waals surface area contributed by atoms with Crippen molar-refractivity contribution in [3.05, 3.63) is 96.1 Å². The van der Waals surface area contributed by atoms with Crippen LogP contribution in [0.5, 0.6) is 0 Å². The maximum atomic E-state index is 12.0. The average molecular weight is 591 g/mol. The molecule has 0 bridgehead atoms.